The number of hydrogen-bond acceptors (Lipinski definition) is 9. The summed E-state index contributed by atoms with van der Waals surface area (Å²) in [5.41, 5.74) is -1.02. The van der Waals surface area contributed by atoms with Crippen LogP contribution in [0.5, 0.6) is 0 Å². The second-order valence-electron chi connectivity index (χ2n) is 18.4. The Balaban J connectivity index is 1.13. The lowest BCUT2D eigenvalue weighted by molar-refractivity contribution is -0.352. The molecule has 0 radical (unpaired) electrons. The van der Waals surface area contributed by atoms with Gasteiger partial charge in [0.15, 0.2) is 11.6 Å². The number of aliphatic hydroxyl groups is 1. The van der Waals surface area contributed by atoms with Crippen molar-refractivity contribution in [2.45, 2.75) is 199 Å². The van der Waals surface area contributed by atoms with Gasteiger partial charge in [-0.25, -0.2) is 0 Å². The third-order valence-electron chi connectivity index (χ3n) is 14.4. The lowest BCUT2D eigenvalue weighted by atomic mass is 9.78. The van der Waals surface area contributed by atoms with Gasteiger partial charge in [0, 0.05) is 37.7 Å². The van der Waals surface area contributed by atoms with E-state index in [9.17, 15) is 15.0 Å². The summed E-state index contributed by atoms with van der Waals surface area (Å²) in [4.78, 5) is 11.8. The van der Waals surface area contributed by atoms with Crippen molar-refractivity contribution in [3.63, 3.8) is 0 Å². The van der Waals surface area contributed by atoms with E-state index < -0.39 is 34.7 Å². The van der Waals surface area contributed by atoms with Crippen LogP contribution in [0.4, 0.5) is 0 Å². The maximum absolute atomic E-state index is 11.8. The van der Waals surface area contributed by atoms with E-state index in [0.717, 1.165) is 51.4 Å². The van der Waals surface area contributed by atoms with E-state index in [1.165, 1.54) is 0 Å². The molecule has 8 unspecified atom stereocenters. The fourth-order valence-electron chi connectivity index (χ4n) is 11.2. The summed E-state index contributed by atoms with van der Waals surface area (Å²) in [5.74, 6) is -2.36. The number of rotatable bonds is 8. The van der Waals surface area contributed by atoms with Crippen LogP contribution in [0, 0.1) is 41.4 Å². The zero-order chi connectivity index (χ0) is 36.6. The van der Waals surface area contributed by atoms with E-state index in [-0.39, 0.29) is 72.5 Å². The standard InChI is InChI=1S/C40H68O10/c1-21-12-13-28(45-33(21)26(6)36(41)42)18-29-19-30(44-11)27(7)40(47-29)25(5)20-38(9,50-40)32-14-15-37(8,48-32)35-23(3)17-31(46-35)34-22(2)16-24(4)39(10,43)49-34/h21-35,43H,12-20H2,1-11H3,(H,41,42)/t21-,22-,23-,24+,25+,26+,27+,28?,29?,30+,31?,32?,33?,34?,35?,37-,38-,39-,40?/m0/s1. The van der Waals surface area contributed by atoms with Crippen LogP contribution in [-0.2, 0) is 38.0 Å². The van der Waals surface area contributed by atoms with Crippen LogP contribution < -0.4 is 0 Å². The molecule has 6 aliphatic heterocycles. The van der Waals surface area contributed by atoms with E-state index in [1.807, 2.05) is 0 Å². The lowest BCUT2D eigenvalue weighted by Gasteiger charge is -2.50. The highest BCUT2D eigenvalue weighted by molar-refractivity contribution is 5.70. The van der Waals surface area contributed by atoms with Gasteiger partial charge in [-0.3, -0.25) is 4.79 Å². The minimum atomic E-state index is -1.15. The Morgan fingerprint density at radius 2 is 1.56 bits per heavy atom. The lowest BCUT2D eigenvalue weighted by Crippen LogP contribution is -2.58. The summed E-state index contributed by atoms with van der Waals surface area (Å²) in [7, 11) is 1.78. The van der Waals surface area contributed by atoms with E-state index in [4.69, 9.17) is 33.2 Å². The number of carboxylic acid groups (broad SMARTS) is 1. The molecule has 50 heavy (non-hydrogen) atoms. The highest BCUT2D eigenvalue weighted by Gasteiger charge is 2.65. The van der Waals surface area contributed by atoms with Gasteiger partial charge in [-0.05, 0) is 90.4 Å². The van der Waals surface area contributed by atoms with Gasteiger partial charge in [-0.2, -0.15) is 0 Å². The molecule has 6 heterocycles. The van der Waals surface area contributed by atoms with Crippen molar-refractivity contribution < 1.29 is 48.2 Å². The first-order chi connectivity index (χ1) is 23.3. The minimum absolute atomic E-state index is 0.0109. The molecule has 0 aliphatic carbocycles. The largest absolute Gasteiger partial charge is 0.481 e. The summed E-state index contributed by atoms with van der Waals surface area (Å²) in [6, 6.07) is 0. The Morgan fingerprint density at radius 3 is 2.24 bits per heavy atom. The molecule has 6 rings (SSSR count). The van der Waals surface area contributed by atoms with Gasteiger partial charge in [-0.15, -0.1) is 0 Å². The predicted molar refractivity (Wildman–Crippen MR) is 187 cm³/mol. The Labute approximate surface area is 300 Å². The first-order valence-corrected chi connectivity index (χ1v) is 19.8. The minimum Gasteiger partial charge on any atom is -0.481 e. The van der Waals surface area contributed by atoms with Crippen molar-refractivity contribution in [3.05, 3.63) is 0 Å². The fourth-order valence-corrected chi connectivity index (χ4v) is 11.2. The number of aliphatic carboxylic acids is 1. The van der Waals surface area contributed by atoms with Gasteiger partial charge in [0.2, 0.25) is 0 Å². The summed E-state index contributed by atoms with van der Waals surface area (Å²) in [6.07, 6.45) is 6.64. The summed E-state index contributed by atoms with van der Waals surface area (Å²) in [5, 5.41) is 20.6. The highest BCUT2D eigenvalue weighted by Crippen LogP contribution is 2.57. The van der Waals surface area contributed by atoms with E-state index in [1.54, 1.807) is 21.0 Å². The van der Waals surface area contributed by atoms with Gasteiger partial charge in [0.25, 0.3) is 0 Å². The Morgan fingerprint density at radius 1 is 0.840 bits per heavy atom. The molecule has 19 atom stereocenters. The average Bonchev–Trinajstić information content (AvgIpc) is 3.72. The maximum atomic E-state index is 11.8. The number of carboxylic acids is 1. The molecule has 10 nitrogen and oxygen atoms in total. The average molecular weight is 709 g/mol. The van der Waals surface area contributed by atoms with Crippen LogP contribution >= 0.6 is 0 Å². The van der Waals surface area contributed by atoms with Gasteiger partial charge in [0.1, 0.15) is 0 Å². The van der Waals surface area contributed by atoms with Gasteiger partial charge < -0.3 is 43.4 Å². The van der Waals surface area contributed by atoms with E-state index in [2.05, 4.69) is 55.4 Å². The molecule has 10 heteroatoms. The molecule has 0 aromatic heterocycles. The molecule has 0 aromatic rings. The van der Waals surface area contributed by atoms with Crippen molar-refractivity contribution >= 4 is 5.97 Å². The van der Waals surface area contributed by atoms with Crippen molar-refractivity contribution in [1.82, 2.24) is 0 Å². The molecular formula is C40H68O10. The van der Waals surface area contributed by atoms with Crippen LogP contribution in [0.2, 0.25) is 0 Å². The van der Waals surface area contributed by atoms with Gasteiger partial charge in [-0.1, -0.05) is 41.5 Å². The molecule has 6 saturated heterocycles. The second-order valence-corrected chi connectivity index (χ2v) is 18.4. The molecule has 1 spiro atoms. The van der Waals surface area contributed by atoms with E-state index in [0.29, 0.717) is 18.3 Å². The zero-order valence-corrected chi connectivity index (χ0v) is 32.7. The third kappa shape index (κ3) is 6.96. The zero-order valence-electron chi connectivity index (χ0n) is 32.7. The Bertz CT molecular complexity index is 1210. The van der Waals surface area contributed by atoms with Crippen LogP contribution in [0.15, 0.2) is 0 Å². The number of hydrogen-bond donors (Lipinski definition) is 2. The van der Waals surface area contributed by atoms with Crippen LogP contribution in [-0.4, -0.2) is 94.9 Å². The molecule has 0 bridgehead atoms. The Kier molecular flexibility index (Phi) is 11.0. The first kappa shape index (κ1) is 38.9. The molecule has 288 valence electrons. The van der Waals surface area contributed by atoms with Crippen molar-refractivity contribution in [1.29, 1.82) is 0 Å². The first-order valence-electron chi connectivity index (χ1n) is 19.8. The molecule has 2 N–H and O–H groups in total. The number of carbonyl (C=O) groups is 1. The van der Waals surface area contributed by atoms with Crippen molar-refractivity contribution in [2.75, 3.05) is 7.11 Å². The van der Waals surface area contributed by atoms with E-state index >= 15 is 0 Å². The number of methoxy groups -OCH3 is 1. The summed E-state index contributed by atoms with van der Waals surface area (Å²) >= 11 is 0. The highest BCUT2D eigenvalue weighted by atomic mass is 16.7. The molecule has 6 fully saturated rings. The Hall–Kier alpha value is -0.850. The quantitative estimate of drug-likeness (QED) is 0.281. The normalized spacial score (nSPS) is 55.0. The van der Waals surface area contributed by atoms with Crippen LogP contribution in [0.3, 0.4) is 0 Å². The third-order valence-corrected chi connectivity index (χ3v) is 14.4. The van der Waals surface area contributed by atoms with Gasteiger partial charge in [0.05, 0.1) is 66.0 Å². The summed E-state index contributed by atoms with van der Waals surface area (Å²) in [6.45, 7) is 21.0. The van der Waals surface area contributed by atoms with Crippen molar-refractivity contribution in [2.24, 2.45) is 41.4 Å². The van der Waals surface area contributed by atoms with Crippen LogP contribution in [0.25, 0.3) is 0 Å². The monoisotopic (exact) mass is 708 g/mol. The topological polar surface area (TPSA) is 122 Å². The SMILES string of the molecule is CO[C@@H]1CC(CC2CC[C@H](C)C([C@@H](C)C(=O)O)O2)OC2(O[C@](C)(C3CC[C@@](C)(C4OC(C5O[C@](C)(O)[C@H](C)C[C@@H]5C)C[C@@H]4C)O3)C[C@H]2C)[C@@H]1C. The molecule has 0 saturated carbocycles. The second kappa shape index (κ2) is 14.1. The molecule has 6 aliphatic rings. The van der Waals surface area contributed by atoms with Crippen molar-refractivity contribution in [3.8, 4) is 0 Å². The molecule has 0 amide bonds. The molecular weight excluding hydrogens is 640 g/mol. The maximum Gasteiger partial charge on any atom is 0.308 e. The smallest absolute Gasteiger partial charge is 0.308 e. The molecule has 0 aromatic carbocycles. The fraction of sp³-hybridized carbons (Fsp3) is 0.975. The van der Waals surface area contributed by atoms with Gasteiger partial charge >= 0.3 is 5.97 Å². The summed E-state index contributed by atoms with van der Waals surface area (Å²) < 4.78 is 47.2. The number of ether oxygens (including phenoxy) is 7. The van der Waals surface area contributed by atoms with Crippen LogP contribution in [0.1, 0.15) is 127 Å². The predicted octanol–water partition coefficient (Wildman–Crippen LogP) is 6.73.